The summed E-state index contributed by atoms with van der Waals surface area (Å²) < 4.78 is 25.5. The highest BCUT2D eigenvalue weighted by molar-refractivity contribution is 5.78. The number of hydrogen-bond donors (Lipinski definition) is 3. The van der Waals surface area contributed by atoms with Crippen molar-refractivity contribution < 1.29 is 39.1 Å². The summed E-state index contributed by atoms with van der Waals surface area (Å²) >= 11 is 0. The van der Waals surface area contributed by atoms with Crippen LogP contribution in [-0.4, -0.2) is 76.4 Å². The lowest BCUT2D eigenvalue weighted by atomic mass is 9.71. The van der Waals surface area contributed by atoms with Gasteiger partial charge in [0.05, 0.1) is 18.8 Å². The van der Waals surface area contributed by atoms with Crippen LogP contribution in [0.2, 0.25) is 0 Å². The Morgan fingerprint density at radius 1 is 1.17 bits per heavy atom. The molecule has 41 heavy (non-hydrogen) atoms. The van der Waals surface area contributed by atoms with Crippen LogP contribution in [0.25, 0.3) is 0 Å². The quantitative estimate of drug-likeness (QED) is 0.334. The Kier molecular flexibility index (Phi) is 9.01. The SMILES string of the molecule is CC1=CC2C(=O)O[C@H]3C[C@@H](C/C=C(\C)C[C@@H](C)/C=C/C=C4\CO[C@H]([C@@H]1O)[C@@]42O)O[C@@]1(CC[C@H](CO)[C@@H](C(C)C)O1)C3. The largest absolute Gasteiger partial charge is 0.462 e. The Labute approximate surface area is 244 Å². The zero-order chi connectivity index (χ0) is 29.5. The summed E-state index contributed by atoms with van der Waals surface area (Å²) in [6.45, 7) is 10.4. The minimum atomic E-state index is -1.71. The number of ether oxygens (including phenoxy) is 4. The van der Waals surface area contributed by atoms with Crippen LogP contribution in [0.1, 0.15) is 73.1 Å². The monoisotopic (exact) mass is 572 g/mol. The van der Waals surface area contributed by atoms with Gasteiger partial charge in [-0.25, -0.2) is 0 Å². The zero-order valence-electron chi connectivity index (χ0n) is 25.1. The first-order chi connectivity index (χ1) is 19.5. The Morgan fingerprint density at radius 3 is 2.68 bits per heavy atom. The van der Waals surface area contributed by atoms with E-state index in [-0.39, 0.29) is 43.2 Å². The second-order valence-electron chi connectivity index (χ2n) is 13.4. The third kappa shape index (κ3) is 6.01. The molecule has 5 rings (SSSR count). The van der Waals surface area contributed by atoms with Crippen molar-refractivity contribution in [3.63, 3.8) is 0 Å². The van der Waals surface area contributed by atoms with Gasteiger partial charge in [0.2, 0.25) is 0 Å². The molecule has 4 heterocycles. The molecule has 1 aliphatic carbocycles. The van der Waals surface area contributed by atoms with Crippen molar-refractivity contribution in [3.8, 4) is 0 Å². The summed E-state index contributed by atoms with van der Waals surface area (Å²) in [5.74, 6) is -1.98. The van der Waals surface area contributed by atoms with E-state index in [4.69, 9.17) is 18.9 Å². The molecule has 0 aromatic rings. The van der Waals surface area contributed by atoms with Gasteiger partial charge in [0, 0.05) is 31.8 Å². The standard InChI is InChI=1S/C33H48O8/c1-19(2)29-23(17-34)11-12-32(41-29)16-26-15-25(40-32)10-9-21(4)13-20(3)7-6-8-24-18-38-30-28(35)22(5)14-27(31(36)39-26)33(24,30)37/h6-9,14,19-20,23,25-30,34-35,37H,10-13,15-18H2,1-5H3/b7-6+,21-9+,24-8+/t20-,23+,25+,26-,27?,28+,29+,30+,32+,33+/m0/s1. The van der Waals surface area contributed by atoms with Crippen molar-refractivity contribution in [2.45, 2.75) is 115 Å². The number of aliphatic hydroxyl groups excluding tert-OH is 2. The topological polar surface area (TPSA) is 115 Å². The summed E-state index contributed by atoms with van der Waals surface area (Å²) in [6.07, 6.45) is 10.7. The van der Waals surface area contributed by atoms with Gasteiger partial charge < -0.3 is 34.3 Å². The molecule has 8 nitrogen and oxygen atoms in total. The van der Waals surface area contributed by atoms with Crippen molar-refractivity contribution in [2.75, 3.05) is 13.2 Å². The summed E-state index contributed by atoms with van der Waals surface area (Å²) in [6, 6.07) is 0. The smallest absolute Gasteiger partial charge is 0.316 e. The first-order valence-electron chi connectivity index (χ1n) is 15.4. The number of aliphatic hydroxyl groups is 3. The maximum Gasteiger partial charge on any atom is 0.316 e. The molecule has 0 aromatic heterocycles. The number of carbonyl (C=O) groups is 1. The van der Waals surface area contributed by atoms with E-state index in [0.29, 0.717) is 36.8 Å². The molecule has 3 N–H and O–H groups in total. The molecule has 0 saturated carbocycles. The number of esters is 1. The van der Waals surface area contributed by atoms with Crippen molar-refractivity contribution in [1.29, 1.82) is 0 Å². The van der Waals surface area contributed by atoms with Gasteiger partial charge >= 0.3 is 5.97 Å². The van der Waals surface area contributed by atoms with Gasteiger partial charge in [-0.2, -0.15) is 0 Å². The number of rotatable bonds is 2. The Balaban J connectivity index is 1.51. The van der Waals surface area contributed by atoms with Gasteiger partial charge in [0.25, 0.3) is 0 Å². The van der Waals surface area contributed by atoms with E-state index < -0.39 is 41.6 Å². The van der Waals surface area contributed by atoms with Crippen LogP contribution >= 0.6 is 0 Å². The molecular weight excluding hydrogens is 524 g/mol. The fraction of sp³-hybridized carbons (Fsp3) is 0.727. The molecule has 3 saturated heterocycles. The van der Waals surface area contributed by atoms with Crippen LogP contribution in [0.5, 0.6) is 0 Å². The Hall–Kier alpha value is -1.81. The molecule has 10 atom stereocenters. The fourth-order valence-electron chi connectivity index (χ4n) is 7.50. The summed E-state index contributed by atoms with van der Waals surface area (Å²) in [7, 11) is 0. The second kappa shape index (κ2) is 12.1. The van der Waals surface area contributed by atoms with Gasteiger partial charge in [-0.3, -0.25) is 4.79 Å². The summed E-state index contributed by atoms with van der Waals surface area (Å²) in [4.78, 5) is 13.9. The van der Waals surface area contributed by atoms with Gasteiger partial charge in [-0.05, 0) is 56.1 Å². The van der Waals surface area contributed by atoms with Crippen LogP contribution < -0.4 is 0 Å². The van der Waals surface area contributed by atoms with Gasteiger partial charge in [0.15, 0.2) is 5.79 Å². The maximum atomic E-state index is 13.9. The third-order valence-electron chi connectivity index (χ3n) is 9.72. The minimum Gasteiger partial charge on any atom is -0.462 e. The van der Waals surface area contributed by atoms with Crippen molar-refractivity contribution in [1.82, 2.24) is 0 Å². The molecule has 5 aliphatic rings. The molecule has 0 amide bonds. The molecule has 3 fully saturated rings. The van der Waals surface area contributed by atoms with E-state index in [9.17, 15) is 20.1 Å². The highest BCUT2D eigenvalue weighted by Gasteiger charge is 2.60. The highest BCUT2D eigenvalue weighted by Crippen LogP contribution is 2.47. The van der Waals surface area contributed by atoms with Gasteiger partial charge in [-0.15, -0.1) is 0 Å². The predicted molar refractivity (Wildman–Crippen MR) is 154 cm³/mol. The molecule has 1 spiro atoms. The van der Waals surface area contributed by atoms with Crippen molar-refractivity contribution in [2.24, 2.45) is 23.7 Å². The van der Waals surface area contributed by atoms with Crippen LogP contribution in [0.4, 0.5) is 0 Å². The Bertz CT molecular complexity index is 1110. The molecule has 228 valence electrons. The van der Waals surface area contributed by atoms with Gasteiger partial charge in [0.1, 0.15) is 29.8 Å². The van der Waals surface area contributed by atoms with E-state index in [1.807, 2.05) is 12.2 Å². The second-order valence-corrected chi connectivity index (χ2v) is 13.4. The van der Waals surface area contributed by atoms with E-state index in [1.54, 1.807) is 13.0 Å². The minimum absolute atomic E-state index is 0.0355. The predicted octanol–water partition coefficient (Wildman–Crippen LogP) is 4.14. The van der Waals surface area contributed by atoms with E-state index in [0.717, 1.165) is 12.8 Å². The van der Waals surface area contributed by atoms with Crippen molar-refractivity contribution in [3.05, 3.63) is 47.1 Å². The summed E-state index contributed by atoms with van der Waals surface area (Å²) in [5.41, 5.74) is 0.676. The lowest BCUT2D eigenvalue weighted by Crippen LogP contribution is -2.58. The normalized spacial score (nSPS) is 47.0. The fourth-order valence-corrected chi connectivity index (χ4v) is 7.50. The van der Waals surface area contributed by atoms with Crippen LogP contribution in [-0.2, 0) is 23.7 Å². The number of hydrogen-bond acceptors (Lipinski definition) is 8. The Morgan fingerprint density at radius 2 is 1.95 bits per heavy atom. The average molecular weight is 573 g/mol. The molecule has 0 radical (unpaired) electrons. The third-order valence-corrected chi connectivity index (χ3v) is 9.72. The molecule has 8 heteroatoms. The molecular formula is C33H48O8. The average Bonchev–Trinajstić information content (AvgIpc) is 3.25. The molecule has 0 aromatic carbocycles. The first-order valence-corrected chi connectivity index (χ1v) is 15.4. The number of fused-ring (bicyclic) bond motifs is 2. The highest BCUT2D eigenvalue weighted by atomic mass is 16.7. The van der Waals surface area contributed by atoms with Crippen molar-refractivity contribution >= 4 is 5.97 Å². The van der Waals surface area contributed by atoms with E-state index in [2.05, 4.69) is 39.8 Å². The first kappa shape index (κ1) is 30.6. The summed E-state index contributed by atoms with van der Waals surface area (Å²) in [5, 5.41) is 33.0. The lowest BCUT2D eigenvalue weighted by Gasteiger charge is -2.51. The van der Waals surface area contributed by atoms with Crippen LogP contribution in [0.15, 0.2) is 47.1 Å². The lowest BCUT2D eigenvalue weighted by molar-refractivity contribution is -0.342. The van der Waals surface area contributed by atoms with Gasteiger partial charge in [-0.1, -0.05) is 56.7 Å². The van der Waals surface area contributed by atoms with E-state index in [1.165, 1.54) is 5.57 Å². The molecule has 4 aliphatic heterocycles. The zero-order valence-corrected chi connectivity index (χ0v) is 25.1. The van der Waals surface area contributed by atoms with E-state index >= 15 is 0 Å². The van der Waals surface area contributed by atoms with Crippen LogP contribution in [0.3, 0.4) is 0 Å². The number of allylic oxidation sites excluding steroid dienone is 4. The maximum absolute atomic E-state index is 13.9. The molecule has 1 unspecified atom stereocenters. The molecule has 2 bridgehead atoms. The number of carbonyl (C=O) groups excluding carboxylic acids is 1. The van der Waals surface area contributed by atoms with Crippen LogP contribution in [0, 0.1) is 23.7 Å².